The number of nitriles is 1. The van der Waals surface area contributed by atoms with E-state index in [0.717, 1.165) is 150 Å². The van der Waals surface area contributed by atoms with Crippen LogP contribution in [0.4, 0.5) is 4.39 Å². The van der Waals surface area contributed by atoms with Crippen LogP contribution in [0.25, 0.3) is 151 Å². The van der Waals surface area contributed by atoms with Crippen LogP contribution in [0.2, 0.25) is 19.6 Å². The summed E-state index contributed by atoms with van der Waals surface area (Å²) in [6.07, 6.45) is 24.0. The van der Waals surface area contributed by atoms with E-state index in [0.29, 0.717) is 28.9 Å². The maximum Gasteiger partial charge on any atom is 0.180 e. The van der Waals surface area contributed by atoms with E-state index >= 15 is 0 Å². The molecule has 29 heteroatoms. The quantitative estimate of drug-likeness (QED) is 0.0819. The Kier molecular flexibility index (Phi) is 30.7. The predicted octanol–water partition coefficient (Wildman–Crippen LogP) is 21.7. The number of nitrogens with zero attached hydrogens (tertiary/aromatic N) is 19. The molecule has 11 aromatic heterocycles. The largest absolute Gasteiger partial charge is 0.461 e. The number of para-hydroxylation sites is 3. The maximum absolute atomic E-state index is 14.2. The zero-order chi connectivity index (χ0) is 86.2. The van der Waals surface area contributed by atoms with Crippen molar-refractivity contribution in [3.05, 3.63) is 343 Å². The number of thiazole rings is 1. The molecule has 10 aromatic carbocycles. The maximum atomic E-state index is 14.2. The van der Waals surface area contributed by atoms with Crippen LogP contribution in [0, 0.1) is 110 Å². The van der Waals surface area contributed by atoms with Crippen molar-refractivity contribution in [1.29, 1.82) is 5.26 Å². The third-order valence-corrected chi connectivity index (χ3v) is 24.5. The van der Waals surface area contributed by atoms with Gasteiger partial charge in [-0.15, -0.1) is 90.2 Å². The van der Waals surface area contributed by atoms with Crippen LogP contribution in [-0.2, 0) is 115 Å². The summed E-state index contributed by atoms with van der Waals surface area (Å²) in [5, 5.41) is 11.9. The molecule has 657 valence electrons. The van der Waals surface area contributed by atoms with Crippen molar-refractivity contribution in [3.8, 4) is 103 Å². The molecule has 0 unspecified atom stereocenters. The number of benzene rings is 10. The van der Waals surface area contributed by atoms with E-state index in [-0.39, 0.29) is 106 Å². The molecule has 0 spiro atoms. The Bertz CT molecular complexity index is 7560. The molecule has 129 heavy (non-hydrogen) atoms. The average Bonchev–Trinajstić information content (AvgIpc) is 1.65. The molecule has 0 fully saturated rings. The number of hydrogen-bond acceptors (Lipinski definition) is 15. The van der Waals surface area contributed by atoms with E-state index in [2.05, 4.69) is 200 Å². The molecule has 21 aromatic rings. The predicted molar refractivity (Wildman–Crippen MR) is 490 cm³/mol. The van der Waals surface area contributed by atoms with Gasteiger partial charge in [0, 0.05) is 253 Å². The van der Waals surface area contributed by atoms with Gasteiger partial charge in [-0.3, -0.25) is 54.8 Å². The van der Waals surface area contributed by atoms with Gasteiger partial charge in [0.2, 0.25) is 0 Å². The molecule has 0 aliphatic heterocycles. The van der Waals surface area contributed by atoms with Gasteiger partial charge in [0.1, 0.15) is 11.9 Å². The van der Waals surface area contributed by atoms with Gasteiger partial charge in [0.05, 0.1) is 82.5 Å². The summed E-state index contributed by atoms with van der Waals surface area (Å²) in [7, 11) is 2.61. The van der Waals surface area contributed by atoms with E-state index in [4.69, 9.17) is 8.83 Å². The van der Waals surface area contributed by atoms with Gasteiger partial charge in [-0.1, -0.05) is 150 Å². The second kappa shape index (κ2) is 41.2. The van der Waals surface area contributed by atoms with Crippen LogP contribution >= 0.6 is 11.3 Å². The molecule has 0 N–H and O–H groups in total. The van der Waals surface area contributed by atoms with Crippen LogP contribution < -0.4 is 5.19 Å². The van der Waals surface area contributed by atoms with Gasteiger partial charge in [-0.05, 0) is 122 Å². The first-order chi connectivity index (χ1) is 60.1. The summed E-state index contributed by atoms with van der Waals surface area (Å²) < 4.78 is 40.7. The monoisotopic (exact) mass is 2630 g/mol. The van der Waals surface area contributed by atoms with Gasteiger partial charge in [0.25, 0.3) is 0 Å². The van der Waals surface area contributed by atoms with Crippen LogP contribution in [-0.4, -0.2) is 94.9 Å². The third-order valence-electron chi connectivity index (χ3n) is 21.5. The SMILES string of the molecule is Cc1cc([Si](C)(C)C)cc(C)c1-n1ccnc1-c1[c-]ccc2ncn(C)c12.Cc1nc2c(-c3nccn3-c3c(C)cccc3-c3ccccc3)[c-]ccc2o1.Cc1nc2c(-c3nccn3-c3c(C)cncc3C)[c-]ccc2o1.Cc1nc2c(-c3nccn3-c3ccccc3C#N)[c-]ccc2s1.Cc1nc2cc[c-]c(-c3nccn3-c3ccccc3F)c2n1C.[Ir].[Ir].[Ir].[Ir].[Ir]. The second-order valence-corrected chi connectivity index (χ2v) is 37.3. The number of oxazole rings is 2. The van der Waals surface area contributed by atoms with Crippen molar-refractivity contribution >= 4 is 79.1 Å². The number of hydrogen-bond donors (Lipinski definition) is 0. The summed E-state index contributed by atoms with van der Waals surface area (Å²) in [5.41, 5.74) is 25.6. The van der Waals surface area contributed by atoms with Crippen LogP contribution in [0.5, 0.6) is 0 Å². The second-order valence-electron chi connectivity index (χ2n) is 31.0. The molecule has 11 heterocycles. The van der Waals surface area contributed by atoms with Crippen molar-refractivity contribution < 1.29 is 114 Å². The topological polar surface area (TPSA) is 226 Å². The Morgan fingerprint density at radius 3 is 1.45 bits per heavy atom. The molecule has 0 amide bonds. The van der Waals surface area contributed by atoms with Crippen LogP contribution in [0.15, 0.2) is 259 Å². The molecule has 21 nitrogen and oxygen atoms in total. The summed E-state index contributed by atoms with van der Waals surface area (Å²) in [4.78, 5) is 49.7. The number of imidazole rings is 7. The van der Waals surface area contributed by atoms with Gasteiger partial charge in [0.15, 0.2) is 11.8 Å². The molecule has 0 saturated heterocycles. The summed E-state index contributed by atoms with van der Waals surface area (Å²) in [6, 6.07) is 73.3. The fourth-order valence-electron chi connectivity index (χ4n) is 15.8. The van der Waals surface area contributed by atoms with Gasteiger partial charge < -0.3 is 40.8 Å². The molecule has 0 saturated carbocycles. The fraction of sp³-hybridized carbons (Fsp3) is 0.140. The summed E-state index contributed by atoms with van der Waals surface area (Å²) in [5.74, 6) is 5.75. The smallest absolute Gasteiger partial charge is 0.180 e. The molecule has 21 rings (SSSR count). The number of pyridine rings is 1. The minimum absolute atomic E-state index is 0. The third kappa shape index (κ3) is 19.4. The van der Waals surface area contributed by atoms with Crippen molar-refractivity contribution in [2.75, 3.05) is 0 Å². The normalized spacial score (nSPS) is 10.9. The number of fused-ring (bicyclic) bond motifs is 5. The average molecular weight is 2620 g/mol. The first-order valence-corrected chi connectivity index (χ1v) is 44.5. The number of aryl methyl sites for hydroxylation is 11. The van der Waals surface area contributed by atoms with E-state index in [1.165, 1.54) is 39.2 Å². The van der Waals surface area contributed by atoms with E-state index < -0.39 is 8.07 Å². The van der Waals surface area contributed by atoms with Gasteiger partial charge in [-0.2, -0.15) is 5.26 Å². The van der Waals surface area contributed by atoms with Crippen molar-refractivity contribution in [2.45, 2.75) is 82.0 Å². The molecule has 0 atom stereocenters. The van der Waals surface area contributed by atoms with Gasteiger partial charge >= 0.3 is 0 Å². The Morgan fingerprint density at radius 1 is 0.426 bits per heavy atom. The molecular weight excluding hydrogens is 2540 g/mol. The molecule has 5 radical (unpaired) electrons. The summed E-state index contributed by atoms with van der Waals surface area (Å²) in [6.45, 7) is 25.4. The van der Waals surface area contributed by atoms with E-state index in [1.807, 2.05) is 210 Å². The standard InChI is InChI=1S/C24H18N3O.C22H25N4Si.C18H14FN4.C18H15N4O.C18H11N4S.5Ir/c1-16-8-6-11-19(18-9-4-3-5-10-18)23(16)27-15-14-25-24(27)20-12-7-13-21-22(20)26-17(2)28-21;1-15-12-17(27(4,5)6)13-16(2)20(15)26-11-10-23-22(26)18-8-7-9-19-21(18)25(3)14-24-19;1-12-21-15-8-5-6-13(17(15)22(12)2)18-20-10-11-23(18)16-9-4-3-7-14(16)19;1-11-9-19-10-12(2)17(11)22-8-7-20-18(22)14-5-4-6-15-16(14)21-13(3)23-15;1-12-21-17-14(6-4-8-16(17)23-12)18-20-9-10-22(18)15-7-3-2-5-13(15)11-19;;;;;/h3-11,13-15H,1-2H3;7,9-14H,1-6H3;3-5,7-11H,1-2H3;4,6-10H,1-3H3;2-5,7-10H,1H3;;;;;/q5*-1;;;;;. The minimum Gasteiger partial charge on any atom is -0.461 e. The van der Waals surface area contributed by atoms with Crippen molar-refractivity contribution in [2.24, 2.45) is 14.1 Å². The first kappa shape index (κ1) is 96.1. The Hall–Kier alpha value is -11.9. The Labute approximate surface area is 818 Å². The number of halogens is 1. The number of aromatic nitrogens is 18. The van der Waals surface area contributed by atoms with Gasteiger partial charge in [-0.25, -0.2) is 4.39 Å². The Balaban J connectivity index is 0.000000145. The fourth-order valence-corrected chi connectivity index (χ4v) is 17.9. The van der Waals surface area contributed by atoms with E-state index in [1.54, 1.807) is 65.0 Å². The molecule has 0 aliphatic carbocycles. The van der Waals surface area contributed by atoms with Crippen molar-refractivity contribution in [3.63, 3.8) is 0 Å². The Morgan fingerprint density at radius 2 is 0.884 bits per heavy atom. The van der Waals surface area contributed by atoms with Crippen LogP contribution in [0.1, 0.15) is 56.0 Å². The molecule has 0 aliphatic rings. The summed E-state index contributed by atoms with van der Waals surface area (Å²) >= 11 is 1.65. The minimum atomic E-state index is -1.36. The van der Waals surface area contributed by atoms with Crippen molar-refractivity contribution in [1.82, 2.24) is 86.8 Å². The van der Waals surface area contributed by atoms with Crippen LogP contribution in [0.3, 0.4) is 0 Å². The molecule has 0 bridgehead atoms. The zero-order valence-corrected chi connectivity index (χ0v) is 86.2. The first-order valence-electron chi connectivity index (χ1n) is 40.2. The molecular formula is C100H83FIr5N19O2SSi-5. The van der Waals surface area contributed by atoms with E-state index in [9.17, 15) is 9.65 Å². The zero-order valence-electron chi connectivity index (χ0n) is 72.4. The number of rotatable bonds is 12.